The van der Waals surface area contributed by atoms with Gasteiger partial charge in [-0.3, -0.25) is 0 Å². The first kappa shape index (κ1) is 14.3. The first-order valence-electron chi connectivity index (χ1n) is 5.57. The Morgan fingerprint density at radius 3 is 2.56 bits per heavy atom. The average Bonchev–Trinajstić information content (AvgIpc) is 2.63. The fraction of sp³-hybridized carbons (Fsp3) is 0.455. The van der Waals surface area contributed by atoms with Crippen LogP contribution in [-0.2, 0) is 10.0 Å². The van der Waals surface area contributed by atoms with Crippen molar-refractivity contribution in [2.45, 2.75) is 18.2 Å². The molecule has 100 valence electrons. The lowest BCUT2D eigenvalue weighted by Crippen LogP contribution is -2.29. The molecule has 2 N–H and O–H groups in total. The Kier molecular flexibility index (Phi) is 4.06. The maximum Gasteiger partial charge on any atom is 0.246 e. The third-order valence-electron chi connectivity index (χ3n) is 3.02. The molecule has 0 aliphatic carbocycles. The molecule has 0 amide bonds. The van der Waals surface area contributed by atoms with Gasteiger partial charge in [0.05, 0.1) is 5.69 Å². The predicted octanol–water partition coefficient (Wildman–Crippen LogP) is 2.82. The Morgan fingerprint density at radius 1 is 1.39 bits per heavy atom. The third kappa shape index (κ3) is 2.59. The molecule has 1 atom stereocenters. The van der Waals surface area contributed by atoms with E-state index in [4.69, 9.17) is 5.73 Å². The summed E-state index contributed by atoms with van der Waals surface area (Å²) in [6.07, 6.45) is 0.896. The van der Waals surface area contributed by atoms with Crippen LogP contribution in [0.5, 0.6) is 0 Å². The molecular weight excluding hydrogens is 384 g/mol. The van der Waals surface area contributed by atoms with E-state index in [0.29, 0.717) is 23.5 Å². The van der Waals surface area contributed by atoms with E-state index in [-0.39, 0.29) is 10.6 Å². The van der Waals surface area contributed by atoms with Crippen LogP contribution in [0.2, 0.25) is 0 Å². The van der Waals surface area contributed by atoms with Gasteiger partial charge in [0.1, 0.15) is 4.90 Å². The number of hydrogen-bond acceptors (Lipinski definition) is 3. The molecule has 0 spiro atoms. The summed E-state index contributed by atoms with van der Waals surface area (Å²) in [7, 11) is -3.51. The summed E-state index contributed by atoms with van der Waals surface area (Å²) in [5, 5.41) is 0. The lowest BCUT2D eigenvalue weighted by Gasteiger charge is -2.18. The largest absolute Gasteiger partial charge is 0.398 e. The van der Waals surface area contributed by atoms with Gasteiger partial charge in [-0.15, -0.1) is 0 Å². The highest BCUT2D eigenvalue weighted by Gasteiger charge is 2.33. The summed E-state index contributed by atoms with van der Waals surface area (Å²) in [4.78, 5) is 0.166. The van der Waals surface area contributed by atoms with Crippen LogP contribution in [0, 0.1) is 5.92 Å². The van der Waals surface area contributed by atoms with Crippen molar-refractivity contribution in [2.75, 3.05) is 18.8 Å². The van der Waals surface area contributed by atoms with E-state index in [1.54, 1.807) is 12.1 Å². The summed E-state index contributed by atoms with van der Waals surface area (Å²) in [6.45, 7) is 3.17. The second-order valence-corrected chi connectivity index (χ2v) is 8.21. The molecule has 4 nitrogen and oxygen atoms in total. The standard InChI is InChI=1S/C11H14Br2N2O2S/c1-7-2-3-15(6-7)18(16,17)11-9(13)4-8(12)5-10(11)14/h4-5,7H,2-3,6,14H2,1H3. The maximum atomic E-state index is 12.5. The van der Waals surface area contributed by atoms with Crippen LogP contribution in [0.25, 0.3) is 0 Å². The first-order chi connectivity index (χ1) is 8.32. The van der Waals surface area contributed by atoms with E-state index < -0.39 is 10.0 Å². The van der Waals surface area contributed by atoms with Crippen LogP contribution in [0.1, 0.15) is 13.3 Å². The number of rotatable bonds is 2. The second-order valence-electron chi connectivity index (χ2n) is 4.56. The van der Waals surface area contributed by atoms with E-state index in [1.165, 1.54) is 4.31 Å². The third-order valence-corrected chi connectivity index (χ3v) is 6.35. The zero-order valence-electron chi connectivity index (χ0n) is 9.86. The number of hydrogen-bond donors (Lipinski definition) is 1. The number of halogens is 2. The number of nitrogens with zero attached hydrogens (tertiary/aromatic N) is 1. The minimum atomic E-state index is -3.51. The SMILES string of the molecule is CC1CCN(S(=O)(=O)c2c(N)cc(Br)cc2Br)C1. The smallest absolute Gasteiger partial charge is 0.246 e. The van der Waals surface area contributed by atoms with Crippen LogP contribution in [0.15, 0.2) is 26.0 Å². The molecule has 1 aliphatic heterocycles. The lowest BCUT2D eigenvalue weighted by molar-refractivity contribution is 0.464. The summed E-state index contributed by atoms with van der Waals surface area (Å²) >= 11 is 6.57. The molecular formula is C11H14Br2N2O2S. The number of sulfonamides is 1. The van der Waals surface area contributed by atoms with Crippen molar-refractivity contribution in [3.8, 4) is 0 Å². The zero-order valence-corrected chi connectivity index (χ0v) is 13.8. The summed E-state index contributed by atoms with van der Waals surface area (Å²) in [6, 6.07) is 3.31. The highest BCUT2D eigenvalue weighted by Crippen LogP contribution is 2.35. The molecule has 1 fully saturated rings. The van der Waals surface area contributed by atoms with Gasteiger partial charge in [0, 0.05) is 22.0 Å². The average molecular weight is 398 g/mol. The van der Waals surface area contributed by atoms with E-state index in [9.17, 15) is 8.42 Å². The zero-order chi connectivity index (χ0) is 13.5. The van der Waals surface area contributed by atoms with E-state index in [0.717, 1.165) is 10.9 Å². The number of nitrogens with two attached hydrogens (primary N) is 1. The molecule has 0 bridgehead atoms. The van der Waals surface area contributed by atoms with Crippen LogP contribution in [0.4, 0.5) is 5.69 Å². The highest BCUT2D eigenvalue weighted by molar-refractivity contribution is 9.11. The molecule has 1 aromatic rings. The van der Waals surface area contributed by atoms with Crippen molar-refractivity contribution in [1.29, 1.82) is 0 Å². The van der Waals surface area contributed by atoms with E-state index >= 15 is 0 Å². The summed E-state index contributed by atoms with van der Waals surface area (Å²) < 4.78 is 27.8. The summed E-state index contributed by atoms with van der Waals surface area (Å²) in [5.41, 5.74) is 6.10. The molecule has 1 unspecified atom stereocenters. The molecule has 0 saturated carbocycles. The fourth-order valence-electron chi connectivity index (χ4n) is 2.09. The van der Waals surface area contributed by atoms with Gasteiger partial charge < -0.3 is 5.73 Å². The minimum Gasteiger partial charge on any atom is -0.398 e. The lowest BCUT2D eigenvalue weighted by atomic mass is 10.2. The van der Waals surface area contributed by atoms with Gasteiger partial charge in [0.15, 0.2) is 0 Å². The molecule has 1 aliphatic rings. The van der Waals surface area contributed by atoms with Crippen molar-refractivity contribution in [3.63, 3.8) is 0 Å². The van der Waals surface area contributed by atoms with Crippen LogP contribution >= 0.6 is 31.9 Å². The fourth-order valence-corrected chi connectivity index (χ4v) is 5.68. The van der Waals surface area contributed by atoms with Crippen molar-refractivity contribution >= 4 is 47.6 Å². The molecule has 2 rings (SSSR count). The molecule has 0 aromatic heterocycles. The highest BCUT2D eigenvalue weighted by atomic mass is 79.9. The first-order valence-corrected chi connectivity index (χ1v) is 8.59. The normalized spacial score (nSPS) is 21.4. The van der Waals surface area contributed by atoms with Gasteiger partial charge >= 0.3 is 0 Å². The van der Waals surface area contributed by atoms with Gasteiger partial charge in [-0.1, -0.05) is 22.9 Å². The Morgan fingerprint density at radius 2 is 2.06 bits per heavy atom. The van der Waals surface area contributed by atoms with Crippen molar-refractivity contribution in [2.24, 2.45) is 5.92 Å². The Labute approximate surface area is 124 Å². The van der Waals surface area contributed by atoms with Crippen molar-refractivity contribution in [3.05, 3.63) is 21.1 Å². The number of benzene rings is 1. The number of anilines is 1. The van der Waals surface area contributed by atoms with Gasteiger partial charge in [0.2, 0.25) is 10.0 Å². The van der Waals surface area contributed by atoms with Crippen LogP contribution in [0.3, 0.4) is 0 Å². The Bertz CT molecular complexity index is 551. The topological polar surface area (TPSA) is 63.4 Å². The summed E-state index contributed by atoms with van der Waals surface area (Å²) in [5.74, 6) is 0.398. The quantitative estimate of drug-likeness (QED) is 0.780. The molecule has 1 aromatic carbocycles. The van der Waals surface area contributed by atoms with Gasteiger partial charge in [-0.05, 0) is 40.4 Å². The van der Waals surface area contributed by atoms with Crippen molar-refractivity contribution < 1.29 is 8.42 Å². The number of nitrogen functional groups attached to an aromatic ring is 1. The molecule has 1 heterocycles. The van der Waals surface area contributed by atoms with E-state index in [1.807, 2.05) is 0 Å². The van der Waals surface area contributed by atoms with Gasteiger partial charge in [-0.2, -0.15) is 4.31 Å². The van der Waals surface area contributed by atoms with E-state index in [2.05, 4.69) is 38.8 Å². The second kappa shape index (κ2) is 5.11. The Balaban J connectivity index is 2.48. The van der Waals surface area contributed by atoms with Gasteiger partial charge in [-0.25, -0.2) is 8.42 Å². The predicted molar refractivity (Wildman–Crippen MR) is 78.8 cm³/mol. The van der Waals surface area contributed by atoms with Crippen LogP contribution < -0.4 is 5.73 Å². The maximum absolute atomic E-state index is 12.5. The van der Waals surface area contributed by atoms with Gasteiger partial charge in [0.25, 0.3) is 0 Å². The van der Waals surface area contributed by atoms with Crippen molar-refractivity contribution in [1.82, 2.24) is 4.31 Å². The Hall–Kier alpha value is -0.110. The minimum absolute atomic E-state index is 0.166. The molecule has 1 saturated heterocycles. The van der Waals surface area contributed by atoms with Crippen LogP contribution in [-0.4, -0.2) is 25.8 Å². The molecule has 7 heteroatoms. The monoisotopic (exact) mass is 396 g/mol. The molecule has 18 heavy (non-hydrogen) atoms. The molecule has 0 radical (unpaired) electrons.